The molecule has 19 heavy (non-hydrogen) atoms. The summed E-state index contributed by atoms with van der Waals surface area (Å²) in [6.07, 6.45) is 1.06. The summed E-state index contributed by atoms with van der Waals surface area (Å²) in [6, 6.07) is 0.988. The molecule has 1 aromatic heterocycles. The van der Waals surface area contributed by atoms with Gasteiger partial charge in [0.2, 0.25) is 15.9 Å². The Balaban J connectivity index is 2.87. The van der Waals surface area contributed by atoms with Crippen LogP contribution in [0.5, 0.6) is 0 Å². The number of primary amides is 1. The highest BCUT2D eigenvalue weighted by Gasteiger charge is 2.28. The number of sulfonamides is 1. The number of hydrogen-bond donors (Lipinski definition) is 4. The molecule has 0 bridgehead atoms. The van der Waals surface area contributed by atoms with Gasteiger partial charge in [-0.3, -0.25) is 4.79 Å². The summed E-state index contributed by atoms with van der Waals surface area (Å²) in [4.78, 5) is 23.8. The van der Waals surface area contributed by atoms with E-state index >= 15 is 0 Å². The van der Waals surface area contributed by atoms with Gasteiger partial charge in [0, 0.05) is 12.7 Å². The van der Waals surface area contributed by atoms with Gasteiger partial charge in [-0.1, -0.05) is 0 Å². The molecule has 1 amide bonds. The number of nitrogens with two attached hydrogens (primary N) is 1. The van der Waals surface area contributed by atoms with E-state index in [0.29, 0.717) is 0 Å². The van der Waals surface area contributed by atoms with Crippen molar-refractivity contribution in [3.05, 3.63) is 18.0 Å². The number of aromatic carboxylic acids is 1. The van der Waals surface area contributed by atoms with Gasteiger partial charge in [0.1, 0.15) is 10.6 Å². The molecule has 0 aliphatic heterocycles. The molecule has 8 nitrogen and oxygen atoms in total. The van der Waals surface area contributed by atoms with Crippen LogP contribution in [0.15, 0.2) is 17.2 Å². The van der Waals surface area contributed by atoms with Gasteiger partial charge in [-0.05, 0) is 19.9 Å². The molecule has 0 aromatic carbocycles. The maximum atomic E-state index is 11.9. The SMILES string of the molecule is CC(C)(CNS(=O)(=O)c1c[nH]c(C(=O)O)c1)C(N)=O. The highest BCUT2D eigenvalue weighted by Crippen LogP contribution is 2.15. The number of carbonyl (C=O) groups excluding carboxylic acids is 1. The first-order valence-corrected chi connectivity index (χ1v) is 6.76. The van der Waals surface area contributed by atoms with Crippen LogP contribution in [0, 0.1) is 5.41 Å². The maximum absolute atomic E-state index is 11.9. The molecule has 0 radical (unpaired) electrons. The zero-order valence-electron chi connectivity index (χ0n) is 10.4. The standard InChI is InChI=1S/C10H15N3O5S/c1-10(2,9(11)16)5-13-19(17,18)6-3-7(8(14)15)12-4-6/h3-4,12-13H,5H2,1-2H3,(H2,11,16)(H,14,15). The average Bonchev–Trinajstić information content (AvgIpc) is 2.76. The Morgan fingerprint density at radius 3 is 2.47 bits per heavy atom. The number of amides is 1. The van der Waals surface area contributed by atoms with Gasteiger partial charge in [0.25, 0.3) is 0 Å². The minimum atomic E-state index is -3.89. The Bertz CT molecular complexity index is 602. The minimum absolute atomic E-state index is 0.182. The van der Waals surface area contributed by atoms with Gasteiger partial charge >= 0.3 is 5.97 Å². The van der Waals surface area contributed by atoms with E-state index in [1.165, 1.54) is 13.8 Å². The molecule has 0 spiro atoms. The highest BCUT2D eigenvalue weighted by atomic mass is 32.2. The molecule has 0 atom stereocenters. The smallest absolute Gasteiger partial charge is 0.352 e. The van der Waals surface area contributed by atoms with E-state index in [0.717, 1.165) is 12.3 Å². The molecular weight excluding hydrogens is 274 g/mol. The summed E-state index contributed by atoms with van der Waals surface area (Å²) in [5.74, 6) is -1.91. The third-order valence-electron chi connectivity index (χ3n) is 2.57. The van der Waals surface area contributed by atoms with Gasteiger partial charge in [0.15, 0.2) is 0 Å². The molecule has 9 heteroatoms. The molecule has 1 aromatic rings. The first-order chi connectivity index (χ1) is 8.56. The van der Waals surface area contributed by atoms with Crippen molar-refractivity contribution in [3.8, 4) is 0 Å². The fourth-order valence-electron chi connectivity index (χ4n) is 1.10. The van der Waals surface area contributed by atoms with Gasteiger partial charge in [-0.2, -0.15) is 0 Å². The second-order valence-corrected chi connectivity index (χ2v) is 6.39. The zero-order valence-corrected chi connectivity index (χ0v) is 11.2. The van der Waals surface area contributed by atoms with Gasteiger partial charge < -0.3 is 15.8 Å². The number of rotatable bonds is 6. The number of H-pyrrole nitrogens is 1. The number of aromatic nitrogens is 1. The summed E-state index contributed by atoms with van der Waals surface area (Å²) in [6.45, 7) is 2.81. The lowest BCUT2D eigenvalue weighted by molar-refractivity contribution is -0.125. The van der Waals surface area contributed by atoms with Crippen molar-refractivity contribution in [2.75, 3.05) is 6.54 Å². The molecule has 1 rings (SSSR count). The number of nitrogens with one attached hydrogen (secondary N) is 2. The zero-order chi connectivity index (χ0) is 14.8. The molecule has 0 saturated carbocycles. The van der Waals surface area contributed by atoms with E-state index in [2.05, 4.69) is 9.71 Å². The lowest BCUT2D eigenvalue weighted by atomic mass is 9.93. The Morgan fingerprint density at radius 2 is 2.05 bits per heavy atom. The summed E-state index contributed by atoms with van der Waals surface area (Å²) in [5, 5.41) is 8.69. The number of aromatic amines is 1. The Morgan fingerprint density at radius 1 is 1.47 bits per heavy atom. The Kier molecular flexibility index (Phi) is 4.01. The molecular formula is C10H15N3O5S. The fourth-order valence-corrected chi connectivity index (χ4v) is 2.30. The number of carboxylic acids is 1. The third-order valence-corrected chi connectivity index (χ3v) is 3.95. The van der Waals surface area contributed by atoms with Crippen LogP contribution in [0.3, 0.4) is 0 Å². The molecule has 0 fully saturated rings. The summed E-state index contributed by atoms with van der Waals surface area (Å²) >= 11 is 0. The van der Waals surface area contributed by atoms with Crippen molar-refractivity contribution in [2.24, 2.45) is 11.1 Å². The van der Waals surface area contributed by atoms with E-state index in [-0.39, 0.29) is 17.1 Å². The Labute approximate surface area is 110 Å². The predicted molar refractivity (Wildman–Crippen MR) is 65.9 cm³/mol. The molecule has 5 N–H and O–H groups in total. The van der Waals surface area contributed by atoms with Crippen LogP contribution >= 0.6 is 0 Å². The van der Waals surface area contributed by atoms with E-state index in [1.54, 1.807) is 0 Å². The van der Waals surface area contributed by atoms with Crippen LogP contribution in [0.1, 0.15) is 24.3 Å². The van der Waals surface area contributed by atoms with Crippen molar-refractivity contribution in [1.82, 2.24) is 9.71 Å². The van der Waals surface area contributed by atoms with Crippen LogP contribution in [-0.4, -0.2) is 36.9 Å². The summed E-state index contributed by atoms with van der Waals surface area (Å²) in [5.41, 5.74) is 3.84. The molecule has 106 valence electrons. The van der Waals surface area contributed by atoms with E-state index in [1.807, 2.05) is 0 Å². The maximum Gasteiger partial charge on any atom is 0.352 e. The number of hydrogen-bond acceptors (Lipinski definition) is 4. The summed E-state index contributed by atoms with van der Waals surface area (Å²) < 4.78 is 25.9. The first-order valence-electron chi connectivity index (χ1n) is 5.27. The molecule has 0 saturated heterocycles. The monoisotopic (exact) mass is 289 g/mol. The van der Waals surface area contributed by atoms with Crippen molar-refractivity contribution in [1.29, 1.82) is 0 Å². The van der Waals surface area contributed by atoms with Crippen LogP contribution in [0.2, 0.25) is 0 Å². The van der Waals surface area contributed by atoms with Crippen molar-refractivity contribution in [2.45, 2.75) is 18.7 Å². The van der Waals surface area contributed by atoms with Gasteiger partial charge in [0.05, 0.1) is 5.41 Å². The second-order valence-electron chi connectivity index (χ2n) is 4.63. The molecule has 0 aliphatic carbocycles. The molecule has 0 unspecified atom stereocenters. The van der Waals surface area contributed by atoms with Crippen molar-refractivity contribution in [3.63, 3.8) is 0 Å². The lowest BCUT2D eigenvalue weighted by Crippen LogP contribution is -2.42. The van der Waals surface area contributed by atoms with Crippen molar-refractivity contribution >= 4 is 21.9 Å². The van der Waals surface area contributed by atoms with Crippen LogP contribution in [0.4, 0.5) is 0 Å². The van der Waals surface area contributed by atoms with E-state index in [9.17, 15) is 18.0 Å². The van der Waals surface area contributed by atoms with E-state index < -0.39 is 27.3 Å². The predicted octanol–water partition coefficient (Wildman–Crippen LogP) is -0.497. The average molecular weight is 289 g/mol. The van der Waals surface area contributed by atoms with Crippen molar-refractivity contribution < 1.29 is 23.1 Å². The highest BCUT2D eigenvalue weighted by molar-refractivity contribution is 7.89. The van der Waals surface area contributed by atoms with Crippen LogP contribution in [0.25, 0.3) is 0 Å². The van der Waals surface area contributed by atoms with Gasteiger partial charge in [-0.15, -0.1) is 0 Å². The third kappa shape index (κ3) is 3.55. The second kappa shape index (κ2) is 5.02. The van der Waals surface area contributed by atoms with Crippen LogP contribution in [-0.2, 0) is 14.8 Å². The lowest BCUT2D eigenvalue weighted by Gasteiger charge is -2.20. The number of carbonyl (C=O) groups is 2. The molecule has 0 aliphatic rings. The first kappa shape index (κ1) is 15.2. The van der Waals surface area contributed by atoms with E-state index in [4.69, 9.17) is 10.8 Å². The number of carboxylic acid groups (broad SMARTS) is 1. The Hall–Kier alpha value is -1.87. The quantitative estimate of drug-likeness (QED) is 0.558. The minimum Gasteiger partial charge on any atom is -0.477 e. The largest absolute Gasteiger partial charge is 0.477 e. The normalized spacial score (nSPS) is 12.3. The topological polar surface area (TPSA) is 142 Å². The summed E-state index contributed by atoms with van der Waals surface area (Å²) in [7, 11) is -3.89. The van der Waals surface area contributed by atoms with Crippen LogP contribution < -0.4 is 10.5 Å². The fraction of sp³-hybridized carbons (Fsp3) is 0.400. The van der Waals surface area contributed by atoms with Gasteiger partial charge in [-0.25, -0.2) is 17.9 Å². The molecule has 1 heterocycles.